The lowest BCUT2D eigenvalue weighted by Gasteiger charge is -2.09. The average molecular weight is 275 g/mol. The molecule has 0 fully saturated rings. The summed E-state index contributed by atoms with van der Waals surface area (Å²) >= 11 is 3.32. The van der Waals surface area contributed by atoms with Crippen LogP contribution in [0.1, 0.15) is 17.4 Å². The van der Waals surface area contributed by atoms with E-state index in [1.165, 1.54) is 0 Å². The molecule has 0 spiro atoms. The predicted molar refractivity (Wildman–Crippen MR) is 76.2 cm³/mol. The molecule has 0 atom stereocenters. The second-order valence-corrected chi connectivity index (χ2v) is 5.88. The summed E-state index contributed by atoms with van der Waals surface area (Å²) in [7, 11) is 0. The first-order valence-corrected chi connectivity index (χ1v) is 7.52. The summed E-state index contributed by atoms with van der Waals surface area (Å²) < 4.78 is 5.73. The number of hydrogen-bond acceptors (Lipinski definition) is 4. The van der Waals surface area contributed by atoms with Crippen molar-refractivity contribution < 1.29 is 4.74 Å². The first-order chi connectivity index (χ1) is 8.85. The van der Waals surface area contributed by atoms with Crippen molar-refractivity contribution in [3.8, 4) is 11.8 Å². The highest BCUT2D eigenvalue weighted by Gasteiger charge is 2.09. The van der Waals surface area contributed by atoms with Gasteiger partial charge < -0.3 is 4.74 Å². The maximum absolute atomic E-state index is 9.24. The number of benzene rings is 1. The molecule has 0 N–H and O–H groups in total. The average Bonchev–Trinajstić information content (AvgIpc) is 2.90. The zero-order valence-electron chi connectivity index (χ0n) is 10.1. The van der Waals surface area contributed by atoms with Crippen molar-refractivity contribution in [1.29, 1.82) is 5.26 Å². The second-order valence-electron chi connectivity index (χ2n) is 3.54. The van der Waals surface area contributed by atoms with Crippen LogP contribution in [0.25, 0.3) is 0 Å². The van der Waals surface area contributed by atoms with Gasteiger partial charge in [0, 0.05) is 9.77 Å². The molecule has 18 heavy (non-hydrogen) atoms. The van der Waals surface area contributed by atoms with E-state index in [1.54, 1.807) is 23.1 Å². The van der Waals surface area contributed by atoms with Gasteiger partial charge in [-0.05, 0) is 29.3 Å². The summed E-state index contributed by atoms with van der Waals surface area (Å²) in [6.45, 7) is 2.59. The molecule has 0 bridgehead atoms. The fourth-order valence-corrected chi connectivity index (χ4v) is 2.95. The van der Waals surface area contributed by atoms with E-state index in [0.717, 1.165) is 15.5 Å². The highest BCUT2D eigenvalue weighted by atomic mass is 32.2. The van der Waals surface area contributed by atoms with Crippen LogP contribution in [-0.4, -0.2) is 5.75 Å². The molecule has 0 unspecified atom stereocenters. The molecule has 2 nitrogen and oxygen atoms in total. The van der Waals surface area contributed by atoms with Crippen LogP contribution in [0.3, 0.4) is 0 Å². The highest BCUT2D eigenvalue weighted by Crippen LogP contribution is 2.30. The van der Waals surface area contributed by atoms with E-state index in [9.17, 15) is 5.26 Å². The van der Waals surface area contributed by atoms with Crippen LogP contribution in [0.4, 0.5) is 0 Å². The van der Waals surface area contributed by atoms with E-state index in [0.29, 0.717) is 17.9 Å². The number of nitrogens with zero attached hydrogens (tertiary/aromatic N) is 1. The van der Waals surface area contributed by atoms with Gasteiger partial charge in [0.1, 0.15) is 24.0 Å². The zero-order valence-corrected chi connectivity index (χ0v) is 11.7. The third-order valence-electron chi connectivity index (χ3n) is 2.35. The molecule has 0 aliphatic heterocycles. The van der Waals surface area contributed by atoms with Crippen LogP contribution >= 0.6 is 23.1 Å². The normalized spacial score (nSPS) is 10.0. The Hall–Kier alpha value is -1.44. The van der Waals surface area contributed by atoms with Crippen molar-refractivity contribution in [2.24, 2.45) is 0 Å². The minimum atomic E-state index is 0.520. The van der Waals surface area contributed by atoms with Gasteiger partial charge in [-0.2, -0.15) is 5.26 Å². The highest BCUT2D eigenvalue weighted by molar-refractivity contribution is 7.99. The third kappa shape index (κ3) is 3.06. The van der Waals surface area contributed by atoms with Crippen molar-refractivity contribution in [2.75, 3.05) is 5.75 Å². The number of nitriles is 1. The maximum Gasteiger partial charge on any atom is 0.138 e. The van der Waals surface area contributed by atoms with Gasteiger partial charge in [-0.3, -0.25) is 0 Å². The molecule has 1 heterocycles. The maximum atomic E-state index is 9.24. The fourth-order valence-electron chi connectivity index (χ4n) is 1.56. The molecule has 0 saturated heterocycles. The van der Waals surface area contributed by atoms with Crippen molar-refractivity contribution in [3.05, 3.63) is 46.2 Å². The third-order valence-corrected chi connectivity index (χ3v) is 4.14. The van der Waals surface area contributed by atoms with Crippen LogP contribution in [0, 0.1) is 11.3 Å². The second kappa shape index (κ2) is 6.48. The summed E-state index contributed by atoms with van der Waals surface area (Å²) in [6.07, 6.45) is 0. The van der Waals surface area contributed by atoms with Gasteiger partial charge >= 0.3 is 0 Å². The molecule has 0 amide bonds. The Morgan fingerprint density at radius 2 is 2.22 bits per heavy atom. The number of rotatable bonds is 5. The number of ether oxygens (including phenoxy) is 1. The lowest BCUT2D eigenvalue weighted by molar-refractivity contribution is 0.308. The molecule has 0 radical (unpaired) electrons. The predicted octanol–water partition coefficient (Wildman–Crippen LogP) is 4.31. The largest absolute Gasteiger partial charge is 0.487 e. The fraction of sp³-hybridized carbons (Fsp3) is 0.214. The quantitative estimate of drug-likeness (QED) is 0.762. The zero-order chi connectivity index (χ0) is 12.8. The Kier molecular flexibility index (Phi) is 4.68. The van der Waals surface area contributed by atoms with Gasteiger partial charge in [-0.25, -0.2) is 0 Å². The number of hydrogen-bond donors (Lipinski definition) is 0. The Morgan fingerprint density at radius 3 is 2.89 bits per heavy atom. The summed E-state index contributed by atoms with van der Waals surface area (Å²) in [4.78, 5) is 2.15. The topological polar surface area (TPSA) is 33.0 Å². The number of thiophene rings is 1. The molecule has 0 aliphatic carbocycles. The van der Waals surface area contributed by atoms with Crippen LogP contribution in [-0.2, 0) is 6.61 Å². The summed E-state index contributed by atoms with van der Waals surface area (Å²) in [5, 5.41) is 11.3. The lowest BCUT2D eigenvalue weighted by Crippen LogP contribution is -1.96. The lowest BCUT2D eigenvalue weighted by atomic mass is 10.2. The van der Waals surface area contributed by atoms with Gasteiger partial charge in [0.2, 0.25) is 0 Å². The molecular formula is C14H13NOS2. The Bertz CT molecular complexity index is 543. The van der Waals surface area contributed by atoms with Crippen molar-refractivity contribution >= 4 is 23.1 Å². The molecule has 1 aromatic heterocycles. The molecule has 4 heteroatoms. The van der Waals surface area contributed by atoms with Gasteiger partial charge in [0.05, 0.1) is 0 Å². The van der Waals surface area contributed by atoms with Gasteiger partial charge in [0.15, 0.2) is 0 Å². The van der Waals surface area contributed by atoms with E-state index in [-0.39, 0.29) is 0 Å². The van der Waals surface area contributed by atoms with Crippen molar-refractivity contribution in [2.45, 2.75) is 18.4 Å². The Balaban J connectivity index is 2.17. The Labute approximate surface area is 115 Å². The van der Waals surface area contributed by atoms with Crippen LogP contribution in [0.5, 0.6) is 5.75 Å². The summed E-state index contributed by atoms with van der Waals surface area (Å²) in [6, 6.07) is 12.0. The van der Waals surface area contributed by atoms with E-state index < -0.39 is 0 Å². The van der Waals surface area contributed by atoms with Gasteiger partial charge in [-0.1, -0.05) is 19.1 Å². The van der Waals surface area contributed by atoms with Crippen LogP contribution in [0.15, 0.2) is 40.6 Å². The van der Waals surface area contributed by atoms with Gasteiger partial charge in [0.25, 0.3) is 0 Å². The van der Waals surface area contributed by atoms with Crippen LogP contribution < -0.4 is 4.74 Å². The smallest absolute Gasteiger partial charge is 0.138 e. The molecule has 2 rings (SSSR count). The van der Waals surface area contributed by atoms with Gasteiger partial charge in [-0.15, -0.1) is 23.1 Å². The van der Waals surface area contributed by atoms with E-state index in [4.69, 9.17) is 4.74 Å². The first kappa shape index (κ1) is 13.0. The van der Waals surface area contributed by atoms with Crippen molar-refractivity contribution in [1.82, 2.24) is 0 Å². The molecule has 1 aromatic carbocycles. The summed E-state index contributed by atoms with van der Waals surface area (Å²) in [5.74, 6) is 1.62. The number of thioether (sulfide) groups is 1. The first-order valence-electron chi connectivity index (χ1n) is 5.66. The monoisotopic (exact) mass is 275 g/mol. The SMILES string of the molecule is CCSc1cccc(OCc2cccs2)c1C#N. The van der Waals surface area contributed by atoms with E-state index in [1.807, 2.05) is 35.7 Å². The van der Waals surface area contributed by atoms with Crippen molar-refractivity contribution in [3.63, 3.8) is 0 Å². The molecule has 2 aromatic rings. The standard InChI is InChI=1S/C14H13NOS2/c1-2-17-14-7-3-6-13(12(14)9-15)16-10-11-5-4-8-18-11/h3-8H,2,10H2,1H3. The molecule has 92 valence electrons. The minimum absolute atomic E-state index is 0.520. The van der Waals surface area contributed by atoms with E-state index >= 15 is 0 Å². The van der Waals surface area contributed by atoms with Crippen LogP contribution in [0.2, 0.25) is 0 Å². The minimum Gasteiger partial charge on any atom is -0.487 e. The molecular weight excluding hydrogens is 262 g/mol. The van der Waals surface area contributed by atoms with E-state index in [2.05, 4.69) is 13.0 Å². The Morgan fingerprint density at radius 1 is 1.33 bits per heavy atom. The summed E-state index contributed by atoms with van der Waals surface area (Å²) in [5.41, 5.74) is 0.640. The molecule has 0 saturated carbocycles. The molecule has 0 aliphatic rings.